The van der Waals surface area contributed by atoms with Crippen LogP contribution in [0.15, 0.2) is 59.5 Å². The summed E-state index contributed by atoms with van der Waals surface area (Å²) in [7, 11) is 1.58. The predicted molar refractivity (Wildman–Crippen MR) is 124 cm³/mol. The smallest absolute Gasteiger partial charge is 0.276 e. The molecule has 0 bridgehead atoms. The Kier molecular flexibility index (Phi) is 6.26. The standard InChI is InChI=1S/C25H25FN4O3/c1-16-21-13-28-30(15-23(31)27-12-19-6-4-5-7-22(19)33-3)25(32)24(21)17(2)29(16)14-18-8-10-20(26)11-9-18/h4-11,13H,12,14-15H2,1-3H3,(H,27,31). The lowest BCUT2D eigenvalue weighted by molar-refractivity contribution is -0.122. The molecule has 2 heterocycles. The van der Waals surface area contributed by atoms with Crippen LogP contribution >= 0.6 is 0 Å². The van der Waals surface area contributed by atoms with Crippen LogP contribution in [0.2, 0.25) is 0 Å². The third-order valence-corrected chi connectivity index (χ3v) is 5.82. The van der Waals surface area contributed by atoms with Gasteiger partial charge in [0.1, 0.15) is 18.1 Å². The molecular formula is C25H25FN4O3. The van der Waals surface area contributed by atoms with E-state index in [0.717, 1.165) is 27.9 Å². The van der Waals surface area contributed by atoms with Crippen molar-refractivity contribution >= 4 is 16.7 Å². The molecule has 0 saturated carbocycles. The Bertz CT molecular complexity index is 1370. The number of hydrogen-bond donors (Lipinski definition) is 1. The molecule has 8 heteroatoms. The number of hydrogen-bond acceptors (Lipinski definition) is 4. The third-order valence-electron chi connectivity index (χ3n) is 5.82. The molecule has 170 valence electrons. The van der Waals surface area contributed by atoms with Gasteiger partial charge in [0.2, 0.25) is 5.91 Å². The number of aryl methyl sites for hydroxylation is 2. The van der Waals surface area contributed by atoms with Crippen LogP contribution in [0, 0.1) is 19.7 Å². The van der Waals surface area contributed by atoms with Crippen molar-refractivity contribution in [3.63, 3.8) is 0 Å². The Morgan fingerprint density at radius 1 is 1.09 bits per heavy atom. The first-order valence-corrected chi connectivity index (χ1v) is 10.6. The Hall–Kier alpha value is -3.94. The second-order valence-corrected chi connectivity index (χ2v) is 7.87. The van der Waals surface area contributed by atoms with Crippen LogP contribution in [0.4, 0.5) is 4.39 Å². The van der Waals surface area contributed by atoms with Crippen LogP contribution in [0.25, 0.3) is 10.8 Å². The Morgan fingerprint density at radius 2 is 1.82 bits per heavy atom. The fraction of sp³-hybridized carbons (Fsp3) is 0.240. The van der Waals surface area contributed by atoms with E-state index in [1.807, 2.05) is 42.7 Å². The Morgan fingerprint density at radius 3 is 2.55 bits per heavy atom. The van der Waals surface area contributed by atoms with Gasteiger partial charge in [0.25, 0.3) is 5.56 Å². The van der Waals surface area contributed by atoms with Gasteiger partial charge in [-0.25, -0.2) is 9.07 Å². The lowest BCUT2D eigenvalue weighted by Gasteiger charge is -2.10. The maximum Gasteiger partial charge on any atom is 0.276 e. The minimum absolute atomic E-state index is 0.189. The van der Waals surface area contributed by atoms with Crippen LogP contribution in [0.1, 0.15) is 22.5 Å². The molecule has 2 aromatic carbocycles. The molecule has 0 aliphatic rings. The highest BCUT2D eigenvalue weighted by Crippen LogP contribution is 2.23. The van der Waals surface area contributed by atoms with Gasteiger partial charge in [0.05, 0.1) is 18.7 Å². The molecule has 0 aliphatic heterocycles. The normalized spacial score (nSPS) is 11.0. The molecule has 0 spiro atoms. The average molecular weight is 448 g/mol. The van der Waals surface area contributed by atoms with E-state index in [1.165, 1.54) is 16.8 Å². The van der Waals surface area contributed by atoms with Crippen molar-refractivity contribution < 1.29 is 13.9 Å². The summed E-state index contributed by atoms with van der Waals surface area (Å²) in [5, 5.41) is 8.31. The maximum atomic E-state index is 13.2. The number of aromatic nitrogens is 3. The van der Waals surface area contributed by atoms with Gasteiger partial charge in [-0.05, 0) is 37.6 Å². The maximum absolute atomic E-state index is 13.2. The van der Waals surface area contributed by atoms with Gasteiger partial charge in [0, 0.05) is 35.4 Å². The zero-order valence-electron chi connectivity index (χ0n) is 18.8. The molecule has 0 fully saturated rings. The second-order valence-electron chi connectivity index (χ2n) is 7.87. The Balaban J connectivity index is 1.56. The van der Waals surface area contributed by atoms with E-state index in [2.05, 4.69) is 10.4 Å². The van der Waals surface area contributed by atoms with Crippen molar-refractivity contribution in [3.05, 3.63) is 93.4 Å². The number of para-hydroxylation sites is 1. The molecule has 7 nitrogen and oxygen atoms in total. The summed E-state index contributed by atoms with van der Waals surface area (Å²) in [6.45, 7) is 4.39. The quantitative estimate of drug-likeness (QED) is 0.471. The van der Waals surface area contributed by atoms with E-state index in [9.17, 15) is 14.0 Å². The monoisotopic (exact) mass is 448 g/mol. The number of nitrogens with one attached hydrogen (secondary N) is 1. The van der Waals surface area contributed by atoms with Crippen molar-refractivity contribution in [2.75, 3.05) is 7.11 Å². The molecule has 4 aromatic rings. The van der Waals surface area contributed by atoms with Gasteiger partial charge in [-0.3, -0.25) is 9.59 Å². The number of carbonyl (C=O) groups excluding carboxylic acids is 1. The molecule has 0 atom stereocenters. The lowest BCUT2D eigenvalue weighted by Crippen LogP contribution is -2.33. The number of benzene rings is 2. The average Bonchev–Trinajstić information content (AvgIpc) is 3.06. The van der Waals surface area contributed by atoms with E-state index >= 15 is 0 Å². The minimum Gasteiger partial charge on any atom is -0.496 e. The SMILES string of the molecule is COc1ccccc1CNC(=O)Cn1ncc2c(C)n(Cc3ccc(F)cc3)c(C)c2c1=O. The fourth-order valence-electron chi connectivity index (χ4n) is 4.00. The third kappa shape index (κ3) is 4.50. The molecule has 0 saturated heterocycles. The topological polar surface area (TPSA) is 78.2 Å². The number of rotatable bonds is 7. The summed E-state index contributed by atoms with van der Waals surface area (Å²) in [5.74, 6) is 0.0685. The van der Waals surface area contributed by atoms with Crippen molar-refractivity contribution in [2.24, 2.45) is 0 Å². The number of halogens is 1. The minimum atomic E-state index is -0.324. The highest BCUT2D eigenvalue weighted by Gasteiger charge is 2.17. The van der Waals surface area contributed by atoms with Crippen LogP contribution in [-0.4, -0.2) is 27.4 Å². The molecule has 0 unspecified atom stereocenters. The molecule has 33 heavy (non-hydrogen) atoms. The number of amides is 1. The lowest BCUT2D eigenvalue weighted by atomic mass is 10.2. The highest BCUT2D eigenvalue weighted by molar-refractivity contribution is 5.87. The van der Waals surface area contributed by atoms with Crippen molar-refractivity contribution in [3.8, 4) is 5.75 Å². The molecule has 0 radical (unpaired) electrons. The fourth-order valence-corrected chi connectivity index (χ4v) is 4.00. The van der Waals surface area contributed by atoms with Gasteiger partial charge in [-0.15, -0.1) is 0 Å². The zero-order valence-corrected chi connectivity index (χ0v) is 18.8. The predicted octanol–water partition coefficient (Wildman–Crippen LogP) is 3.33. The van der Waals surface area contributed by atoms with Crippen molar-refractivity contribution in [1.82, 2.24) is 19.7 Å². The molecular weight excluding hydrogens is 423 g/mol. The number of methoxy groups -OCH3 is 1. The second kappa shape index (κ2) is 9.28. The van der Waals surface area contributed by atoms with Crippen LogP contribution in [0.3, 0.4) is 0 Å². The first-order valence-electron chi connectivity index (χ1n) is 10.6. The van der Waals surface area contributed by atoms with Crippen molar-refractivity contribution in [1.29, 1.82) is 0 Å². The van der Waals surface area contributed by atoms with Gasteiger partial charge in [0.15, 0.2) is 0 Å². The number of nitrogens with zero attached hydrogens (tertiary/aromatic N) is 3. The molecule has 1 amide bonds. The molecule has 1 N–H and O–H groups in total. The summed E-state index contributed by atoms with van der Waals surface area (Å²) in [6.07, 6.45) is 1.62. The van der Waals surface area contributed by atoms with E-state index < -0.39 is 0 Å². The summed E-state index contributed by atoms with van der Waals surface area (Å²) >= 11 is 0. The highest BCUT2D eigenvalue weighted by atomic mass is 19.1. The largest absolute Gasteiger partial charge is 0.496 e. The molecule has 4 rings (SSSR count). The Labute approximate surface area is 190 Å². The summed E-state index contributed by atoms with van der Waals surface area (Å²) in [5.41, 5.74) is 3.12. The van der Waals surface area contributed by atoms with Crippen LogP contribution < -0.4 is 15.6 Å². The summed E-state index contributed by atoms with van der Waals surface area (Å²) in [6, 6.07) is 13.7. The van der Waals surface area contributed by atoms with E-state index in [4.69, 9.17) is 4.74 Å². The molecule has 2 aromatic heterocycles. The van der Waals surface area contributed by atoms with E-state index in [1.54, 1.807) is 25.4 Å². The van der Waals surface area contributed by atoms with Gasteiger partial charge in [-0.1, -0.05) is 30.3 Å². The van der Waals surface area contributed by atoms with Crippen LogP contribution in [0.5, 0.6) is 5.75 Å². The number of ether oxygens (including phenoxy) is 1. The first-order chi connectivity index (χ1) is 15.9. The van der Waals surface area contributed by atoms with E-state index in [0.29, 0.717) is 17.7 Å². The van der Waals surface area contributed by atoms with E-state index in [-0.39, 0.29) is 30.4 Å². The van der Waals surface area contributed by atoms with Gasteiger partial charge >= 0.3 is 0 Å². The van der Waals surface area contributed by atoms with Crippen molar-refractivity contribution in [2.45, 2.75) is 33.5 Å². The number of fused-ring (bicyclic) bond motifs is 1. The first kappa shape index (κ1) is 22.3. The van der Waals surface area contributed by atoms with Gasteiger partial charge in [-0.2, -0.15) is 5.10 Å². The van der Waals surface area contributed by atoms with Crippen LogP contribution in [-0.2, 0) is 24.4 Å². The zero-order chi connectivity index (χ0) is 23.5. The summed E-state index contributed by atoms with van der Waals surface area (Å²) in [4.78, 5) is 25.7. The summed E-state index contributed by atoms with van der Waals surface area (Å²) < 4.78 is 21.7. The molecule has 0 aliphatic carbocycles. The number of carbonyl (C=O) groups is 1. The van der Waals surface area contributed by atoms with Gasteiger partial charge < -0.3 is 14.6 Å².